The van der Waals surface area contributed by atoms with Crippen molar-refractivity contribution in [1.82, 2.24) is 4.90 Å². The van der Waals surface area contributed by atoms with E-state index in [9.17, 15) is 4.79 Å². The topological polar surface area (TPSA) is 58.4 Å². The van der Waals surface area contributed by atoms with Crippen molar-refractivity contribution in [1.29, 1.82) is 0 Å². The first-order valence-corrected chi connectivity index (χ1v) is 7.92. The van der Waals surface area contributed by atoms with E-state index in [-0.39, 0.29) is 5.91 Å². The van der Waals surface area contributed by atoms with Gasteiger partial charge in [-0.15, -0.1) is 0 Å². The van der Waals surface area contributed by atoms with Crippen molar-refractivity contribution in [3.8, 4) is 0 Å². The Kier molecular flexibility index (Phi) is 5.05. The van der Waals surface area contributed by atoms with Gasteiger partial charge in [0.1, 0.15) is 5.54 Å². The molecule has 1 heterocycles. The summed E-state index contributed by atoms with van der Waals surface area (Å²) in [6.45, 7) is 5.08. The molecule has 3 N–H and O–H groups in total. The van der Waals surface area contributed by atoms with Gasteiger partial charge in [-0.05, 0) is 53.9 Å². The van der Waals surface area contributed by atoms with Gasteiger partial charge in [0, 0.05) is 23.2 Å². The molecule has 1 aliphatic rings. The molecule has 0 radical (unpaired) electrons. The number of nitrogens with zero attached hydrogens (tertiary/aromatic N) is 1. The first kappa shape index (κ1) is 15.3. The molecular formula is C15H22BrN3O. The molecule has 20 heavy (non-hydrogen) atoms. The van der Waals surface area contributed by atoms with Gasteiger partial charge in [0.2, 0.25) is 5.91 Å². The van der Waals surface area contributed by atoms with Crippen molar-refractivity contribution < 1.29 is 4.79 Å². The fourth-order valence-corrected chi connectivity index (χ4v) is 3.11. The summed E-state index contributed by atoms with van der Waals surface area (Å²) in [5.74, 6) is -0.260. The van der Waals surface area contributed by atoms with Gasteiger partial charge in [-0.3, -0.25) is 4.79 Å². The van der Waals surface area contributed by atoms with Crippen LogP contribution in [0.1, 0.15) is 26.2 Å². The summed E-state index contributed by atoms with van der Waals surface area (Å²) < 4.78 is 0.955. The number of anilines is 1. The van der Waals surface area contributed by atoms with Crippen molar-refractivity contribution in [2.24, 2.45) is 5.73 Å². The molecule has 0 unspecified atom stereocenters. The van der Waals surface area contributed by atoms with Crippen LogP contribution in [-0.4, -0.2) is 36.0 Å². The molecule has 1 aromatic rings. The SMILES string of the molecule is CCCN1CCC(Nc2ccccc2Br)(C(N)=O)CC1. The predicted molar refractivity (Wildman–Crippen MR) is 85.7 cm³/mol. The van der Waals surface area contributed by atoms with Crippen LogP contribution < -0.4 is 11.1 Å². The Labute approximate surface area is 128 Å². The number of likely N-dealkylation sites (tertiary alicyclic amines) is 1. The number of carbonyl (C=O) groups excluding carboxylic acids is 1. The Hall–Kier alpha value is -1.07. The standard InChI is InChI=1S/C15H22BrN3O/c1-2-9-19-10-7-15(8-11-19,14(17)20)18-13-6-4-3-5-12(13)16/h3-6,18H,2,7-11H2,1H3,(H2,17,20). The zero-order valence-corrected chi connectivity index (χ0v) is 13.4. The fourth-order valence-electron chi connectivity index (χ4n) is 2.73. The number of nitrogens with one attached hydrogen (secondary N) is 1. The third-order valence-electron chi connectivity index (χ3n) is 3.97. The molecule has 0 bridgehead atoms. The number of benzene rings is 1. The summed E-state index contributed by atoms with van der Waals surface area (Å²) in [7, 11) is 0. The predicted octanol–water partition coefficient (Wildman–Crippen LogP) is 2.59. The Morgan fingerprint density at radius 3 is 2.60 bits per heavy atom. The number of hydrogen-bond acceptors (Lipinski definition) is 3. The van der Waals surface area contributed by atoms with Gasteiger partial charge in [-0.2, -0.15) is 0 Å². The monoisotopic (exact) mass is 339 g/mol. The lowest BCUT2D eigenvalue weighted by atomic mass is 9.86. The molecule has 0 spiro atoms. The number of amides is 1. The van der Waals surface area contributed by atoms with Crippen LogP contribution in [0.25, 0.3) is 0 Å². The first-order valence-electron chi connectivity index (χ1n) is 7.12. The van der Waals surface area contributed by atoms with E-state index in [4.69, 9.17) is 5.73 Å². The number of carbonyl (C=O) groups is 1. The van der Waals surface area contributed by atoms with Gasteiger partial charge in [-0.1, -0.05) is 19.1 Å². The van der Waals surface area contributed by atoms with E-state index in [1.807, 2.05) is 24.3 Å². The number of rotatable bonds is 5. The van der Waals surface area contributed by atoms with Crippen molar-refractivity contribution in [3.05, 3.63) is 28.7 Å². The molecule has 0 aliphatic carbocycles. The Balaban J connectivity index is 2.12. The van der Waals surface area contributed by atoms with Gasteiger partial charge in [0.15, 0.2) is 0 Å². The van der Waals surface area contributed by atoms with Gasteiger partial charge < -0.3 is 16.0 Å². The maximum atomic E-state index is 12.0. The summed E-state index contributed by atoms with van der Waals surface area (Å²) in [5, 5.41) is 3.38. The smallest absolute Gasteiger partial charge is 0.243 e. The van der Waals surface area contributed by atoms with Gasteiger partial charge in [-0.25, -0.2) is 0 Å². The van der Waals surface area contributed by atoms with E-state index in [2.05, 4.69) is 33.1 Å². The molecule has 1 saturated heterocycles. The summed E-state index contributed by atoms with van der Waals surface area (Å²) in [6, 6.07) is 7.83. The van der Waals surface area contributed by atoms with Crippen LogP contribution in [0.4, 0.5) is 5.69 Å². The van der Waals surface area contributed by atoms with Crippen LogP contribution in [0.5, 0.6) is 0 Å². The van der Waals surface area contributed by atoms with Crippen molar-refractivity contribution in [2.45, 2.75) is 31.7 Å². The van der Waals surface area contributed by atoms with Gasteiger partial charge in [0.05, 0.1) is 0 Å². The fraction of sp³-hybridized carbons (Fsp3) is 0.533. The van der Waals surface area contributed by atoms with Crippen LogP contribution in [0.15, 0.2) is 28.7 Å². The molecule has 1 fully saturated rings. The number of hydrogen-bond donors (Lipinski definition) is 2. The summed E-state index contributed by atoms with van der Waals surface area (Å²) in [6.07, 6.45) is 2.65. The van der Waals surface area contributed by atoms with Gasteiger partial charge in [0.25, 0.3) is 0 Å². The third kappa shape index (κ3) is 3.33. The van der Waals surface area contributed by atoms with Crippen LogP contribution in [0, 0.1) is 0 Å². The minimum Gasteiger partial charge on any atom is -0.370 e. The van der Waals surface area contributed by atoms with E-state index in [1.165, 1.54) is 0 Å². The number of primary amides is 1. The lowest BCUT2D eigenvalue weighted by Crippen LogP contribution is -2.57. The maximum Gasteiger partial charge on any atom is 0.243 e. The third-order valence-corrected chi connectivity index (χ3v) is 4.66. The van der Waals surface area contributed by atoms with Crippen LogP contribution >= 0.6 is 15.9 Å². The lowest BCUT2D eigenvalue weighted by molar-refractivity contribution is -0.123. The molecule has 2 rings (SSSR count). The number of nitrogens with two attached hydrogens (primary N) is 1. The van der Waals surface area contributed by atoms with E-state index in [1.54, 1.807) is 0 Å². The summed E-state index contributed by atoms with van der Waals surface area (Å²) in [5.41, 5.74) is 5.98. The van der Waals surface area contributed by atoms with Crippen LogP contribution in [0.2, 0.25) is 0 Å². The van der Waals surface area contributed by atoms with Crippen molar-refractivity contribution in [3.63, 3.8) is 0 Å². The molecule has 1 amide bonds. The van der Waals surface area contributed by atoms with Crippen LogP contribution in [-0.2, 0) is 4.79 Å². The molecule has 0 aromatic heterocycles. The first-order chi connectivity index (χ1) is 9.57. The molecule has 0 saturated carbocycles. The highest BCUT2D eigenvalue weighted by atomic mass is 79.9. The van der Waals surface area contributed by atoms with E-state index >= 15 is 0 Å². The number of piperidine rings is 1. The highest BCUT2D eigenvalue weighted by Gasteiger charge is 2.39. The average molecular weight is 340 g/mol. The molecule has 1 aromatic carbocycles. The minimum atomic E-state index is -0.631. The minimum absolute atomic E-state index is 0.260. The largest absolute Gasteiger partial charge is 0.370 e. The zero-order chi connectivity index (χ0) is 14.6. The van der Waals surface area contributed by atoms with Crippen molar-refractivity contribution >= 4 is 27.5 Å². The van der Waals surface area contributed by atoms with E-state index in [0.29, 0.717) is 0 Å². The normalized spacial score (nSPS) is 18.7. The van der Waals surface area contributed by atoms with E-state index < -0.39 is 5.54 Å². The Morgan fingerprint density at radius 1 is 1.40 bits per heavy atom. The molecule has 0 atom stereocenters. The number of para-hydroxylation sites is 1. The summed E-state index contributed by atoms with van der Waals surface area (Å²) in [4.78, 5) is 14.4. The molecule has 4 nitrogen and oxygen atoms in total. The zero-order valence-electron chi connectivity index (χ0n) is 11.9. The number of halogens is 1. The summed E-state index contributed by atoms with van der Waals surface area (Å²) >= 11 is 3.51. The average Bonchev–Trinajstić information content (AvgIpc) is 2.44. The van der Waals surface area contributed by atoms with Gasteiger partial charge >= 0.3 is 0 Å². The Morgan fingerprint density at radius 2 is 2.05 bits per heavy atom. The van der Waals surface area contributed by atoms with E-state index in [0.717, 1.165) is 49.1 Å². The Bertz CT molecular complexity index is 470. The second-order valence-corrected chi connectivity index (χ2v) is 6.25. The van der Waals surface area contributed by atoms with Crippen molar-refractivity contribution in [2.75, 3.05) is 25.0 Å². The van der Waals surface area contributed by atoms with Crippen LogP contribution in [0.3, 0.4) is 0 Å². The highest BCUT2D eigenvalue weighted by Crippen LogP contribution is 2.30. The second-order valence-electron chi connectivity index (χ2n) is 5.39. The quantitative estimate of drug-likeness (QED) is 0.866. The molecule has 1 aliphatic heterocycles. The molecular weight excluding hydrogens is 318 g/mol. The maximum absolute atomic E-state index is 12.0. The highest BCUT2D eigenvalue weighted by molar-refractivity contribution is 9.10. The lowest BCUT2D eigenvalue weighted by Gasteiger charge is -2.40. The second kappa shape index (κ2) is 6.59. The molecule has 110 valence electrons. The molecule has 5 heteroatoms.